The third-order valence-corrected chi connectivity index (χ3v) is 7.15. The molecule has 2 unspecified atom stereocenters. The zero-order chi connectivity index (χ0) is 26.7. The van der Waals surface area contributed by atoms with Crippen LogP contribution in [0.3, 0.4) is 0 Å². The number of nitrogens with one attached hydrogen (secondary N) is 3. The predicted molar refractivity (Wildman–Crippen MR) is 147 cm³/mol. The molecule has 36 heavy (non-hydrogen) atoms. The monoisotopic (exact) mass is 537 g/mol. The van der Waals surface area contributed by atoms with E-state index >= 15 is 0 Å². The van der Waals surface area contributed by atoms with E-state index in [1.165, 1.54) is 38.2 Å². The zero-order valence-electron chi connectivity index (χ0n) is 21.5. The van der Waals surface area contributed by atoms with Crippen molar-refractivity contribution in [3.63, 3.8) is 0 Å². The molecule has 8 heteroatoms. The fraction of sp³-hybridized carbons (Fsp3) is 0.500. The van der Waals surface area contributed by atoms with Gasteiger partial charge in [0.15, 0.2) is 0 Å². The quantitative estimate of drug-likeness (QED) is 0.361. The summed E-state index contributed by atoms with van der Waals surface area (Å²) in [4.78, 5) is 22.9. The van der Waals surface area contributed by atoms with Gasteiger partial charge in [0.05, 0.1) is 10.9 Å². The second-order valence-corrected chi connectivity index (χ2v) is 10.3. The van der Waals surface area contributed by atoms with Crippen molar-refractivity contribution in [2.24, 2.45) is 5.92 Å². The van der Waals surface area contributed by atoms with Crippen molar-refractivity contribution in [1.82, 2.24) is 10.6 Å². The smallest absolute Gasteiger partial charge is 0.230 e. The Morgan fingerprint density at radius 2 is 1.75 bits per heavy atom. The zero-order valence-corrected chi connectivity index (χ0v) is 23.1. The van der Waals surface area contributed by atoms with Gasteiger partial charge in [-0.2, -0.15) is 0 Å². The largest absolute Gasteiger partial charge is 0.356 e. The number of anilines is 1. The number of halogens is 3. The van der Waals surface area contributed by atoms with Gasteiger partial charge in [0.2, 0.25) is 12.3 Å². The third-order valence-electron chi connectivity index (χ3n) is 6.62. The lowest BCUT2D eigenvalue weighted by Crippen LogP contribution is -2.44. The average molecular weight is 539 g/mol. The maximum absolute atomic E-state index is 14.5. The molecule has 4 rings (SSSR count). The van der Waals surface area contributed by atoms with Crippen LogP contribution in [0.5, 0.6) is 0 Å². The summed E-state index contributed by atoms with van der Waals surface area (Å²) in [5.74, 6) is -1.41. The number of rotatable bonds is 5. The van der Waals surface area contributed by atoms with Gasteiger partial charge in [-0.05, 0) is 56.5 Å². The minimum Gasteiger partial charge on any atom is -0.356 e. The van der Waals surface area contributed by atoms with E-state index in [-0.39, 0.29) is 16.8 Å². The van der Waals surface area contributed by atoms with Crippen LogP contribution in [0.15, 0.2) is 42.5 Å². The van der Waals surface area contributed by atoms with Crippen molar-refractivity contribution in [2.45, 2.75) is 77.3 Å². The lowest BCUT2D eigenvalue weighted by molar-refractivity contribution is -0.121. The first-order chi connectivity index (χ1) is 17.2. The van der Waals surface area contributed by atoms with E-state index in [0.29, 0.717) is 28.9 Å². The summed E-state index contributed by atoms with van der Waals surface area (Å²) < 4.78 is 14.5. The molecule has 2 amide bonds. The highest BCUT2D eigenvalue weighted by Crippen LogP contribution is 2.40. The van der Waals surface area contributed by atoms with Crippen molar-refractivity contribution < 1.29 is 14.0 Å². The molecule has 2 fully saturated rings. The highest BCUT2D eigenvalue weighted by atomic mass is 35.5. The van der Waals surface area contributed by atoms with E-state index < -0.39 is 17.3 Å². The van der Waals surface area contributed by atoms with Crippen molar-refractivity contribution in [2.75, 3.05) is 11.9 Å². The van der Waals surface area contributed by atoms with Crippen molar-refractivity contribution in [3.05, 3.63) is 63.9 Å². The molecule has 1 saturated heterocycles. The molecule has 3 N–H and O–H groups in total. The Morgan fingerprint density at radius 3 is 2.39 bits per heavy atom. The summed E-state index contributed by atoms with van der Waals surface area (Å²) in [6.07, 6.45) is 7.08. The molecule has 2 aromatic rings. The molecular formula is C28H38Cl2FN3O2. The molecule has 1 saturated carbocycles. The molecule has 0 bridgehead atoms. The van der Waals surface area contributed by atoms with Crippen LogP contribution in [0.4, 0.5) is 10.1 Å². The van der Waals surface area contributed by atoms with E-state index in [4.69, 9.17) is 23.2 Å². The number of hydrogen-bond donors (Lipinski definition) is 3. The molecule has 2 atom stereocenters. The Hall–Kier alpha value is -2.15. The molecule has 2 aliphatic rings. The Morgan fingerprint density at radius 1 is 1.08 bits per heavy atom. The topological polar surface area (TPSA) is 70.2 Å². The van der Waals surface area contributed by atoms with Crippen LogP contribution >= 0.6 is 23.2 Å². The maximum Gasteiger partial charge on any atom is 0.230 e. The van der Waals surface area contributed by atoms with Crippen molar-refractivity contribution in [1.29, 1.82) is 0 Å². The molecule has 0 radical (unpaired) electrons. The second-order valence-electron chi connectivity index (χ2n) is 9.45. The van der Waals surface area contributed by atoms with E-state index in [9.17, 15) is 14.0 Å². The lowest BCUT2D eigenvalue weighted by Gasteiger charge is -2.29. The van der Waals surface area contributed by atoms with Gasteiger partial charge in [-0.3, -0.25) is 9.59 Å². The minimum atomic E-state index is -0.484. The minimum absolute atomic E-state index is 0.0659. The van der Waals surface area contributed by atoms with Gasteiger partial charge < -0.3 is 16.0 Å². The number of carbonyl (C=O) groups is 2. The number of carbonyl (C=O) groups excluding carboxylic acids is 2. The fourth-order valence-electron chi connectivity index (χ4n) is 4.86. The lowest BCUT2D eigenvalue weighted by atomic mass is 9.78. The first kappa shape index (κ1) is 30.1. The molecule has 5 nitrogen and oxygen atoms in total. The van der Waals surface area contributed by atoms with Gasteiger partial charge in [-0.1, -0.05) is 74.5 Å². The molecule has 0 aromatic heterocycles. The number of benzene rings is 2. The summed E-state index contributed by atoms with van der Waals surface area (Å²) in [5.41, 5.74) is 0.588. The van der Waals surface area contributed by atoms with Gasteiger partial charge in [0, 0.05) is 34.8 Å². The highest BCUT2D eigenvalue weighted by Gasteiger charge is 2.47. The van der Waals surface area contributed by atoms with E-state index in [1.54, 1.807) is 36.4 Å². The van der Waals surface area contributed by atoms with Crippen molar-refractivity contribution in [3.8, 4) is 0 Å². The fourth-order valence-corrected chi connectivity index (χ4v) is 5.23. The van der Waals surface area contributed by atoms with Crippen LogP contribution in [-0.2, 0) is 9.59 Å². The summed E-state index contributed by atoms with van der Waals surface area (Å²) >= 11 is 11.9. The summed E-state index contributed by atoms with van der Waals surface area (Å²) in [6.45, 7) is 8.38. The Balaban J connectivity index is 0.000000347. The van der Waals surface area contributed by atoms with Crippen LogP contribution in [0, 0.1) is 11.7 Å². The SMILES string of the molecule is CC.CC1(C)NCC(c2cccc(Cl)c2F)C1C(=O)Nc1cccc(Cl)c1.O=CNC1CCCCC1. The number of hydrogen-bond acceptors (Lipinski definition) is 3. The van der Waals surface area contributed by atoms with E-state index in [0.717, 1.165) is 6.41 Å². The maximum atomic E-state index is 14.5. The first-order valence-electron chi connectivity index (χ1n) is 12.7. The molecule has 0 spiro atoms. The van der Waals surface area contributed by atoms with Crippen LogP contribution in [0.25, 0.3) is 0 Å². The van der Waals surface area contributed by atoms with E-state index in [2.05, 4.69) is 16.0 Å². The summed E-state index contributed by atoms with van der Waals surface area (Å²) in [5, 5.41) is 9.63. The van der Waals surface area contributed by atoms with Crippen LogP contribution in [0.1, 0.15) is 71.3 Å². The predicted octanol–water partition coefficient (Wildman–Crippen LogP) is 6.94. The van der Waals surface area contributed by atoms with Crippen molar-refractivity contribution >= 4 is 41.2 Å². The third kappa shape index (κ3) is 8.19. The van der Waals surface area contributed by atoms with Crippen LogP contribution in [0.2, 0.25) is 10.0 Å². The van der Waals surface area contributed by atoms with Gasteiger partial charge in [-0.15, -0.1) is 0 Å². The number of amides is 2. The van der Waals surface area contributed by atoms with Crippen LogP contribution in [-0.4, -0.2) is 30.4 Å². The molecule has 1 aliphatic carbocycles. The average Bonchev–Trinajstić information content (AvgIpc) is 3.18. The molecule has 2 aromatic carbocycles. The molecular weight excluding hydrogens is 500 g/mol. The van der Waals surface area contributed by atoms with E-state index in [1.807, 2.05) is 27.7 Å². The second kappa shape index (κ2) is 14.6. The molecule has 1 aliphatic heterocycles. The summed E-state index contributed by atoms with van der Waals surface area (Å²) in [6, 6.07) is 12.3. The summed E-state index contributed by atoms with van der Waals surface area (Å²) in [7, 11) is 0. The Bertz CT molecular complexity index is 997. The standard InChI is InChI=1S/C19H19Cl2FN2O.C7H13NO.C2H6/c1-19(2)16(18(25)24-12-6-3-5-11(20)9-12)14(10-23-19)13-7-4-8-15(21)17(13)22;9-6-8-7-4-2-1-3-5-7;1-2/h3-9,14,16,23H,10H2,1-2H3,(H,24,25);6-7H,1-5H2,(H,8,9);1-2H3. The van der Waals surface area contributed by atoms with Gasteiger partial charge in [0.1, 0.15) is 5.82 Å². The molecule has 198 valence electrons. The normalized spacial score (nSPS) is 20.8. The van der Waals surface area contributed by atoms with Gasteiger partial charge >= 0.3 is 0 Å². The Kier molecular flexibility index (Phi) is 12.2. The first-order valence-corrected chi connectivity index (χ1v) is 13.4. The van der Waals surface area contributed by atoms with Gasteiger partial charge in [0.25, 0.3) is 0 Å². The van der Waals surface area contributed by atoms with Crippen LogP contribution < -0.4 is 16.0 Å². The molecule has 1 heterocycles. The highest BCUT2D eigenvalue weighted by molar-refractivity contribution is 6.31. The Labute approximate surface area is 224 Å². The van der Waals surface area contributed by atoms with Gasteiger partial charge in [-0.25, -0.2) is 4.39 Å².